The Labute approximate surface area is 224 Å². The Morgan fingerprint density at radius 3 is 2.55 bits per heavy atom. The van der Waals surface area contributed by atoms with Crippen LogP contribution in [0.1, 0.15) is 16.1 Å². The predicted octanol–water partition coefficient (Wildman–Crippen LogP) is 4.00. The molecule has 4 aromatic rings. The minimum absolute atomic E-state index is 0.106. The van der Waals surface area contributed by atoms with Gasteiger partial charge in [-0.15, -0.1) is 0 Å². The van der Waals surface area contributed by atoms with Crippen molar-refractivity contribution in [2.75, 3.05) is 29.7 Å². The molecule has 1 amide bonds. The van der Waals surface area contributed by atoms with E-state index in [4.69, 9.17) is 11.6 Å². The van der Waals surface area contributed by atoms with E-state index in [1.54, 1.807) is 25.2 Å². The van der Waals surface area contributed by atoms with Crippen LogP contribution in [0.3, 0.4) is 0 Å². The molecule has 1 saturated heterocycles. The first-order chi connectivity index (χ1) is 18.2. The van der Waals surface area contributed by atoms with Gasteiger partial charge in [0.25, 0.3) is 16.1 Å². The van der Waals surface area contributed by atoms with Crippen LogP contribution in [-0.2, 0) is 23.8 Å². The van der Waals surface area contributed by atoms with Gasteiger partial charge in [0.15, 0.2) is 0 Å². The number of nitrogens with one attached hydrogen (secondary N) is 3. The standard InChI is InChI=1S/C26H26ClFN6O3S/c1-33-25(26(35)30-19-8-10-23(28)22(27)11-19)21-9-7-20(12-24(21)31-33)32-38(36,37)29-13-18-15-34(16-18)14-17-5-3-2-4-6-17/h2-12,18,29,32H,13-16H2,1H3,(H,30,35). The number of carbonyl (C=O) groups is 1. The molecule has 198 valence electrons. The molecule has 38 heavy (non-hydrogen) atoms. The first-order valence-corrected chi connectivity index (χ1v) is 13.8. The van der Waals surface area contributed by atoms with E-state index < -0.39 is 21.9 Å². The summed E-state index contributed by atoms with van der Waals surface area (Å²) < 4.78 is 45.2. The third-order valence-electron chi connectivity index (χ3n) is 6.32. The Hall–Kier alpha value is -3.51. The Bertz CT molecular complexity index is 1590. The zero-order valence-corrected chi connectivity index (χ0v) is 22.1. The average molecular weight is 557 g/mol. The van der Waals surface area contributed by atoms with E-state index in [0.29, 0.717) is 28.8 Å². The molecule has 1 aliphatic heterocycles. The Kier molecular flexibility index (Phi) is 7.35. The minimum atomic E-state index is -3.79. The summed E-state index contributed by atoms with van der Waals surface area (Å²) in [5.74, 6) is -0.807. The largest absolute Gasteiger partial charge is 0.321 e. The zero-order chi connectivity index (χ0) is 26.9. The van der Waals surface area contributed by atoms with Crippen molar-refractivity contribution in [1.82, 2.24) is 19.4 Å². The monoisotopic (exact) mass is 556 g/mol. The van der Waals surface area contributed by atoms with Gasteiger partial charge in [-0.2, -0.15) is 18.2 Å². The normalized spacial score (nSPS) is 14.4. The number of likely N-dealkylation sites (tertiary alicyclic amines) is 1. The molecule has 0 saturated carbocycles. The Morgan fingerprint density at radius 1 is 1.08 bits per heavy atom. The number of benzene rings is 3. The van der Waals surface area contributed by atoms with Crippen LogP contribution in [0.25, 0.3) is 10.9 Å². The van der Waals surface area contributed by atoms with Gasteiger partial charge in [-0.25, -0.2) is 4.39 Å². The molecule has 1 aliphatic rings. The van der Waals surface area contributed by atoms with Crippen molar-refractivity contribution in [2.45, 2.75) is 6.54 Å². The average Bonchev–Trinajstić information content (AvgIpc) is 3.18. The van der Waals surface area contributed by atoms with Crippen LogP contribution in [0.15, 0.2) is 66.7 Å². The van der Waals surface area contributed by atoms with Gasteiger partial charge in [0.2, 0.25) is 0 Å². The molecule has 2 heterocycles. The van der Waals surface area contributed by atoms with Gasteiger partial charge in [0.1, 0.15) is 11.5 Å². The molecule has 0 spiro atoms. The number of nitrogens with zero attached hydrogens (tertiary/aromatic N) is 3. The summed E-state index contributed by atoms with van der Waals surface area (Å²) in [6, 6.07) is 18.8. The minimum Gasteiger partial charge on any atom is -0.321 e. The number of halogens is 2. The highest BCUT2D eigenvalue weighted by Gasteiger charge is 2.28. The summed E-state index contributed by atoms with van der Waals surface area (Å²) in [5, 5.41) is 7.45. The summed E-state index contributed by atoms with van der Waals surface area (Å²) in [4.78, 5) is 15.2. The van der Waals surface area contributed by atoms with Gasteiger partial charge in [0.05, 0.1) is 16.2 Å². The number of hydrogen-bond donors (Lipinski definition) is 3. The van der Waals surface area contributed by atoms with Gasteiger partial charge < -0.3 is 5.32 Å². The summed E-state index contributed by atoms with van der Waals surface area (Å²) in [6.45, 7) is 2.84. The van der Waals surface area contributed by atoms with E-state index in [-0.39, 0.29) is 16.6 Å². The van der Waals surface area contributed by atoms with Crippen LogP contribution in [0.5, 0.6) is 0 Å². The number of aryl methyl sites for hydroxylation is 1. The van der Waals surface area contributed by atoms with Crippen LogP contribution in [0, 0.1) is 11.7 Å². The molecule has 5 rings (SSSR count). The number of aromatic nitrogens is 2. The molecule has 9 nitrogen and oxygen atoms in total. The molecule has 1 fully saturated rings. The number of hydrogen-bond acceptors (Lipinski definition) is 5. The highest BCUT2D eigenvalue weighted by molar-refractivity contribution is 7.90. The lowest BCUT2D eigenvalue weighted by Crippen LogP contribution is -2.51. The molecule has 0 unspecified atom stereocenters. The summed E-state index contributed by atoms with van der Waals surface area (Å²) in [6.07, 6.45) is 0. The third-order valence-corrected chi connectivity index (χ3v) is 7.66. The van der Waals surface area contributed by atoms with Crippen molar-refractivity contribution >= 4 is 50.0 Å². The maximum absolute atomic E-state index is 13.4. The fourth-order valence-electron chi connectivity index (χ4n) is 4.49. The van der Waals surface area contributed by atoms with Gasteiger partial charge in [-0.3, -0.25) is 19.1 Å². The van der Waals surface area contributed by atoms with Crippen LogP contribution in [0.2, 0.25) is 5.02 Å². The van der Waals surface area contributed by atoms with Crippen molar-refractivity contribution < 1.29 is 17.6 Å². The molecular weight excluding hydrogens is 531 g/mol. The lowest BCUT2D eigenvalue weighted by Gasteiger charge is -2.39. The molecule has 0 aliphatic carbocycles. The van der Waals surface area contributed by atoms with Gasteiger partial charge >= 0.3 is 0 Å². The smallest absolute Gasteiger partial charge is 0.299 e. The lowest BCUT2D eigenvalue weighted by molar-refractivity contribution is 0.0955. The van der Waals surface area contributed by atoms with E-state index in [1.165, 1.54) is 22.4 Å². The zero-order valence-electron chi connectivity index (χ0n) is 20.5. The van der Waals surface area contributed by atoms with Crippen molar-refractivity contribution in [2.24, 2.45) is 13.0 Å². The van der Waals surface area contributed by atoms with Crippen LogP contribution in [-0.4, -0.2) is 48.6 Å². The van der Waals surface area contributed by atoms with Crippen molar-refractivity contribution in [1.29, 1.82) is 0 Å². The SMILES string of the molecule is Cn1nc2cc(NS(=O)(=O)NCC3CN(Cc4ccccc4)C3)ccc2c1C(=O)Nc1ccc(F)c(Cl)c1. The van der Waals surface area contributed by atoms with Crippen molar-refractivity contribution in [3.05, 3.63) is 88.8 Å². The summed E-state index contributed by atoms with van der Waals surface area (Å²) in [5.41, 5.74) is 2.59. The van der Waals surface area contributed by atoms with Gasteiger partial charge in [0, 0.05) is 44.3 Å². The highest BCUT2D eigenvalue weighted by atomic mass is 35.5. The van der Waals surface area contributed by atoms with Crippen LogP contribution in [0.4, 0.5) is 15.8 Å². The quantitative estimate of drug-likeness (QED) is 0.289. The number of amides is 1. The van der Waals surface area contributed by atoms with E-state index in [1.807, 2.05) is 18.2 Å². The molecule has 1 aromatic heterocycles. The fraction of sp³-hybridized carbons (Fsp3) is 0.231. The summed E-state index contributed by atoms with van der Waals surface area (Å²) in [7, 11) is -2.19. The predicted molar refractivity (Wildman–Crippen MR) is 146 cm³/mol. The number of anilines is 2. The van der Waals surface area contributed by atoms with E-state index in [9.17, 15) is 17.6 Å². The number of rotatable bonds is 9. The van der Waals surface area contributed by atoms with Gasteiger partial charge in [-0.1, -0.05) is 41.9 Å². The first kappa shape index (κ1) is 26.1. The fourth-order valence-corrected chi connectivity index (χ4v) is 5.64. The second kappa shape index (κ2) is 10.7. The molecule has 3 N–H and O–H groups in total. The Balaban J connectivity index is 1.18. The molecule has 12 heteroatoms. The molecular formula is C26H26ClFN6O3S. The van der Waals surface area contributed by atoms with E-state index in [0.717, 1.165) is 25.7 Å². The van der Waals surface area contributed by atoms with Crippen molar-refractivity contribution in [3.63, 3.8) is 0 Å². The first-order valence-electron chi connectivity index (χ1n) is 11.9. The second-order valence-corrected chi connectivity index (χ2v) is 11.2. The maximum atomic E-state index is 13.4. The molecule has 0 atom stereocenters. The van der Waals surface area contributed by atoms with Crippen LogP contribution < -0.4 is 14.8 Å². The summed E-state index contributed by atoms with van der Waals surface area (Å²) >= 11 is 5.80. The molecule has 3 aromatic carbocycles. The topological polar surface area (TPSA) is 108 Å². The highest BCUT2D eigenvalue weighted by Crippen LogP contribution is 2.25. The third kappa shape index (κ3) is 5.97. The lowest BCUT2D eigenvalue weighted by atomic mass is 10.00. The van der Waals surface area contributed by atoms with E-state index in [2.05, 4.69) is 36.9 Å². The Morgan fingerprint density at radius 2 is 1.82 bits per heavy atom. The number of carbonyl (C=O) groups excluding carboxylic acids is 1. The molecule has 0 radical (unpaired) electrons. The van der Waals surface area contributed by atoms with Gasteiger partial charge in [-0.05, 0) is 47.9 Å². The van der Waals surface area contributed by atoms with Crippen molar-refractivity contribution in [3.8, 4) is 0 Å². The maximum Gasteiger partial charge on any atom is 0.299 e. The second-order valence-electron chi connectivity index (χ2n) is 9.29. The van der Waals surface area contributed by atoms with E-state index >= 15 is 0 Å². The number of fused-ring (bicyclic) bond motifs is 1. The molecule has 0 bridgehead atoms. The van der Waals surface area contributed by atoms with Crippen LogP contribution >= 0.6 is 11.6 Å².